The maximum atomic E-state index is 11.7. The Bertz CT molecular complexity index is 617. The summed E-state index contributed by atoms with van der Waals surface area (Å²) in [7, 11) is 1.88. The summed E-state index contributed by atoms with van der Waals surface area (Å²) in [5.41, 5.74) is 1.76. The fraction of sp³-hybridized carbons (Fsp3) is 0.467. The molecule has 0 aliphatic heterocycles. The van der Waals surface area contributed by atoms with Crippen LogP contribution in [-0.4, -0.2) is 21.8 Å². The van der Waals surface area contributed by atoms with E-state index < -0.39 is 0 Å². The van der Waals surface area contributed by atoms with Crippen molar-refractivity contribution in [3.63, 3.8) is 0 Å². The SMILES string of the molecule is CCCC(=O)Nc1ccc2c(c1)c(OC(C)C)nn2C. The number of carbonyl (C=O) groups is 1. The van der Waals surface area contributed by atoms with Crippen LogP contribution in [0.1, 0.15) is 33.6 Å². The number of carbonyl (C=O) groups excluding carboxylic acids is 1. The summed E-state index contributed by atoms with van der Waals surface area (Å²) < 4.78 is 7.49. The van der Waals surface area contributed by atoms with E-state index in [-0.39, 0.29) is 12.0 Å². The third kappa shape index (κ3) is 3.10. The van der Waals surface area contributed by atoms with E-state index in [2.05, 4.69) is 10.4 Å². The lowest BCUT2D eigenvalue weighted by molar-refractivity contribution is -0.116. The Labute approximate surface area is 118 Å². The summed E-state index contributed by atoms with van der Waals surface area (Å²) in [4.78, 5) is 11.7. The monoisotopic (exact) mass is 275 g/mol. The topological polar surface area (TPSA) is 56.1 Å². The minimum atomic E-state index is 0.0297. The van der Waals surface area contributed by atoms with Crippen molar-refractivity contribution in [1.29, 1.82) is 0 Å². The van der Waals surface area contributed by atoms with Gasteiger partial charge in [0.15, 0.2) is 0 Å². The zero-order valence-electron chi connectivity index (χ0n) is 12.4. The number of anilines is 1. The first-order chi connectivity index (χ1) is 9.51. The van der Waals surface area contributed by atoms with Gasteiger partial charge in [-0.2, -0.15) is 0 Å². The lowest BCUT2D eigenvalue weighted by Gasteiger charge is -2.07. The summed E-state index contributed by atoms with van der Waals surface area (Å²) >= 11 is 0. The molecule has 0 radical (unpaired) electrons. The fourth-order valence-electron chi connectivity index (χ4n) is 2.07. The van der Waals surface area contributed by atoms with Crippen LogP contribution in [0.2, 0.25) is 0 Å². The van der Waals surface area contributed by atoms with Gasteiger partial charge in [0.25, 0.3) is 0 Å². The average molecular weight is 275 g/mol. The molecule has 0 unspecified atom stereocenters. The van der Waals surface area contributed by atoms with Gasteiger partial charge < -0.3 is 10.1 Å². The predicted molar refractivity (Wildman–Crippen MR) is 80.0 cm³/mol. The quantitative estimate of drug-likeness (QED) is 0.912. The zero-order valence-corrected chi connectivity index (χ0v) is 12.4. The lowest BCUT2D eigenvalue weighted by Crippen LogP contribution is -2.10. The van der Waals surface area contributed by atoms with E-state index in [0.29, 0.717) is 12.3 Å². The van der Waals surface area contributed by atoms with Gasteiger partial charge in [0, 0.05) is 19.2 Å². The minimum absolute atomic E-state index is 0.0297. The molecule has 1 aromatic carbocycles. The molecule has 0 aliphatic rings. The van der Waals surface area contributed by atoms with E-state index >= 15 is 0 Å². The lowest BCUT2D eigenvalue weighted by atomic mass is 10.2. The maximum absolute atomic E-state index is 11.7. The van der Waals surface area contributed by atoms with E-state index in [0.717, 1.165) is 23.0 Å². The Morgan fingerprint density at radius 3 is 2.85 bits per heavy atom. The van der Waals surface area contributed by atoms with Crippen molar-refractivity contribution in [2.24, 2.45) is 7.05 Å². The second kappa shape index (κ2) is 5.94. The average Bonchev–Trinajstić information content (AvgIpc) is 2.65. The van der Waals surface area contributed by atoms with Gasteiger partial charge in [-0.05, 0) is 38.5 Å². The zero-order chi connectivity index (χ0) is 14.7. The molecule has 2 rings (SSSR count). The molecule has 0 aliphatic carbocycles. The summed E-state index contributed by atoms with van der Waals surface area (Å²) in [6.07, 6.45) is 1.43. The molecule has 0 bridgehead atoms. The summed E-state index contributed by atoms with van der Waals surface area (Å²) in [6, 6.07) is 5.74. The summed E-state index contributed by atoms with van der Waals surface area (Å²) in [5.74, 6) is 0.631. The molecule has 1 amide bonds. The Hall–Kier alpha value is -2.04. The number of hydrogen-bond acceptors (Lipinski definition) is 3. The number of hydrogen-bond donors (Lipinski definition) is 1. The van der Waals surface area contributed by atoms with Crippen molar-refractivity contribution < 1.29 is 9.53 Å². The summed E-state index contributed by atoms with van der Waals surface area (Å²) in [5, 5.41) is 8.17. The molecule has 5 nitrogen and oxygen atoms in total. The molecule has 1 aromatic heterocycles. The highest BCUT2D eigenvalue weighted by Gasteiger charge is 2.12. The first-order valence-corrected chi connectivity index (χ1v) is 6.94. The van der Waals surface area contributed by atoms with E-state index in [1.165, 1.54) is 0 Å². The first-order valence-electron chi connectivity index (χ1n) is 6.94. The smallest absolute Gasteiger partial charge is 0.241 e. The van der Waals surface area contributed by atoms with Gasteiger partial charge in [-0.3, -0.25) is 9.48 Å². The second-order valence-electron chi connectivity index (χ2n) is 5.13. The molecule has 108 valence electrons. The number of fused-ring (bicyclic) bond motifs is 1. The van der Waals surface area contributed by atoms with Crippen LogP contribution in [0.15, 0.2) is 18.2 Å². The Morgan fingerprint density at radius 1 is 1.45 bits per heavy atom. The van der Waals surface area contributed by atoms with Crippen molar-refractivity contribution in [1.82, 2.24) is 9.78 Å². The van der Waals surface area contributed by atoms with Crippen molar-refractivity contribution in [2.45, 2.75) is 39.7 Å². The standard InChI is InChI=1S/C15H21N3O2/c1-5-6-14(19)16-11-7-8-13-12(9-11)15(17-18(13)4)20-10(2)3/h7-10H,5-6H2,1-4H3,(H,16,19). The highest BCUT2D eigenvalue weighted by atomic mass is 16.5. The molecular formula is C15H21N3O2. The predicted octanol–water partition coefficient (Wildman–Crippen LogP) is 3.10. The van der Waals surface area contributed by atoms with Crippen molar-refractivity contribution in [2.75, 3.05) is 5.32 Å². The highest BCUT2D eigenvalue weighted by molar-refractivity contribution is 5.95. The molecule has 1 heterocycles. The highest BCUT2D eigenvalue weighted by Crippen LogP contribution is 2.28. The van der Waals surface area contributed by atoms with Gasteiger partial charge in [0.05, 0.1) is 17.0 Å². The fourth-order valence-corrected chi connectivity index (χ4v) is 2.07. The van der Waals surface area contributed by atoms with Gasteiger partial charge in [0.1, 0.15) is 0 Å². The third-order valence-corrected chi connectivity index (χ3v) is 2.92. The molecule has 0 atom stereocenters. The van der Waals surface area contributed by atoms with Crippen molar-refractivity contribution >= 4 is 22.5 Å². The number of rotatable bonds is 5. The minimum Gasteiger partial charge on any atom is -0.473 e. The molecule has 0 fully saturated rings. The number of amides is 1. The van der Waals surface area contributed by atoms with Crippen LogP contribution in [0.5, 0.6) is 5.88 Å². The second-order valence-corrected chi connectivity index (χ2v) is 5.13. The first kappa shape index (κ1) is 14.4. The molecule has 1 N–H and O–H groups in total. The number of ether oxygens (including phenoxy) is 1. The van der Waals surface area contributed by atoms with Crippen LogP contribution in [-0.2, 0) is 11.8 Å². The van der Waals surface area contributed by atoms with Crippen LogP contribution in [0.3, 0.4) is 0 Å². The molecular weight excluding hydrogens is 254 g/mol. The number of nitrogens with zero attached hydrogens (tertiary/aromatic N) is 2. The molecule has 5 heteroatoms. The van der Waals surface area contributed by atoms with Gasteiger partial charge in [-0.25, -0.2) is 0 Å². The van der Waals surface area contributed by atoms with Crippen molar-refractivity contribution in [3.8, 4) is 5.88 Å². The van der Waals surface area contributed by atoms with Crippen LogP contribution >= 0.6 is 0 Å². The van der Waals surface area contributed by atoms with Crippen LogP contribution in [0, 0.1) is 0 Å². The third-order valence-electron chi connectivity index (χ3n) is 2.92. The molecule has 0 spiro atoms. The van der Waals surface area contributed by atoms with Gasteiger partial charge in [-0.15, -0.1) is 5.10 Å². The Kier molecular flexibility index (Phi) is 4.27. The molecule has 0 saturated heterocycles. The number of benzene rings is 1. The number of aryl methyl sites for hydroxylation is 1. The van der Waals surface area contributed by atoms with Gasteiger partial charge >= 0.3 is 0 Å². The summed E-state index contributed by atoms with van der Waals surface area (Å²) in [6.45, 7) is 5.92. The van der Waals surface area contributed by atoms with Crippen LogP contribution < -0.4 is 10.1 Å². The van der Waals surface area contributed by atoms with Gasteiger partial charge in [0.2, 0.25) is 11.8 Å². The number of nitrogens with one attached hydrogen (secondary N) is 1. The number of aromatic nitrogens is 2. The molecule has 2 aromatic rings. The van der Waals surface area contributed by atoms with E-state index in [1.54, 1.807) is 4.68 Å². The van der Waals surface area contributed by atoms with Crippen LogP contribution in [0.25, 0.3) is 10.9 Å². The largest absolute Gasteiger partial charge is 0.473 e. The normalized spacial score (nSPS) is 11.1. The molecule has 0 saturated carbocycles. The van der Waals surface area contributed by atoms with Gasteiger partial charge in [-0.1, -0.05) is 6.92 Å². The molecule has 20 heavy (non-hydrogen) atoms. The Balaban J connectivity index is 2.33. The Morgan fingerprint density at radius 2 is 2.20 bits per heavy atom. The van der Waals surface area contributed by atoms with Crippen molar-refractivity contribution in [3.05, 3.63) is 18.2 Å². The van der Waals surface area contributed by atoms with Crippen LogP contribution in [0.4, 0.5) is 5.69 Å². The van der Waals surface area contributed by atoms with E-state index in [1.807, 2.05) is 46.0 Å². The van der Waals surface area contributed by atoms with E-state index in [4.69, 9.17) is 4.74 Å². The maximum Gasteiger partial charge on any atom is 0.241 e. The van der Waals surface area contributed by atoms with E-state index in [9.17, 15) is 4.79 Å².